The number of alkyl halides is 1. The molecule has 2 fully saturated rings. The molecule has 2 aliphatic rings. The van der Waals surface area contributed by atoms with E-state index in [1.165, 1.54) is 0 Å². The number of hydrogen-bond acceptors (Lipinski definition) is 3. The topological polar surface area (TPSA) is 42.1 Å². The molecule has 0 bridgehead atoms. The average molecular weight is 235 g/mol. The highest BCUT2D eigenvalue weighted by Gasteiger charge is 2.46. The van der Waals surface area contributed by atoms with E-state index in [9.17, 15) is 4.39 Å². The molecule has 3 nitrogen and oxygen atoms in total. The third-order valence-corrected chi connectivity index (χ3v) is 4.23. The predicted molar refractivity (Wildman–Crippen MR) is 66.7 cm³/mol. The molecule has 2 heterocycles. The lowest BCUT2D eigenvalue weighted by molar-refractivity contribution is 0.00443. The van der Waals surface area contributed by atoms with Gasteiger partial charge in [-0.25, -0.2) is 9.37 Å². The molecule has 0 atom stereocenters. The van der Waals surface area contributed by atoms with Crippen molar-refractivity contribution in [2.45, 2.75) is 31.9 Å². The summed E-state index contributed by atoms with van der Waals surface area (Å²) in [7, 11) is 0. The van der Waals surface area contributed by atoms with E-state index in [0.29, 0.717) is 11.1 Å². The summed E-state index contributed by atoms with van der Waals surface area (Å²) < 4.78 is 13.0. The minimum atomic E-state index is -0.545. The first kappa shape index (κ1) is 10.8. The molecular formula is C13H18FN3. The number of pyridine rings is 1. The van der Waals surface area contributed by atoms with E-state index in [4.69, 9.17) is 5.73 Å². The lowest BCUT2D eigenvalue weighted by Gasteiger charge is -2.49. The molecular weight excluding hydrogens is 217 g/mol. The molecule has 1 spiro atoms. The van der Waals surface area contributed by atoms with Crippen LogP contribution < -0.4 is 10.6 Å². The molecule has 1 saturated heterocycles. The summed E-state index contributed by atoms with van der Waals surface area (Å²) in [5, 5.41) is 0. The van der Waals surface area contributed by atoms with Crippen LogP contribution in [0.3, 0.4) is 0 Å². The minimum absolute atomic E-state index is 0.309. The molecule has 1 saturated carbocycles. The third kappa shape index (κ3) is 1.96. The zero-order chi connectivity index (χ0) is 11.9. The van der Waals surface area contributed by atoms with Crippen LogP contribution in [0.25, 0.3) is 0 Å². The van der Waals surface area contributed by atoms with Crippen LogP contribution in [0.2, 0.25) is 0 Å². The highest BCUT2D eigenvalue weighted by molar-refractivity contribution is 5.46. The third-order valence-electron chi connectivity index (χ3n) is 4.23. The number of aromatic nitrogens is 1. The quantitative estimate of drug-likeness (QED) is 0.812. The molecule has 0 radical (unpaired) electrons. The van der Waals surface area contributed by atoms with Gasteiger partial charge in [0, 0.05) is 13.1 Å². The van der Waals surface area contributed by atoms with E-state index in [-0.39, 0.29) is 0 Å². The monoisotopic (exact) mass is 235 g/mol. The Hall–Kier alpha value is -1.32. The Morgan fingerprint density at radius 1 is 1.29 bits per heavy atom. The first-order chi connectivity index (χ1) is 8.17. The van der Waals surface area contributed by atoms with Crippen LogP contribution in [0.5, 0.6) is 0 Å². The van der Waals surface area contributed by atoms with Crippen LogP contribution in [0.1, 0.15) is 25.7 Å². The van der Waals surface area contributed by atoms with Crippen molar-refractivity contribution in [1.82, 2.24) is 4.98 Å². The summed E-state index contributed by atoms with van der Waals surface area (Å²) in [6.45, 7) is 1.98. The second kappa shape index (κ2) is 3.86. The van der Waals surface area contributed by atoms with Crippen LogP contribution in [0.4, 0.5) is 15.9 Å². The van der Waals surface area contributed by atoms with Crippen molar-refractivity contribution in [2.75, 3.05) is 23.7 Å². The fraction of sp³-hybridized carbons (Fsp3) is 0.615. The lowest BCUT2D eigenvalue weighted by atomic mass is 9.62. The molecule has 92 valence electrons. The van der Waals surface area contributed by atoms with Crippen molar-refractivity contribution in [3.05, 3.63) is 18.3 Å². The van der Waals surface area contributed by atoms with E-state index in [0.717, 1.165) is 44.6 Å². The van der Waals surface area contributed by atoms with Gasteiger partial charge in [-0.3, -0.25) is 0 Å². The molecule has 17 heavy (non-hydrogen) atoms. The maximum atomic E-state index is 13.0. The normalized spacial score (nSPS) is 23.7. The standard InChI is InChI=1S/C13H18FN3/c14-10-7-13(8-10)3-5-17(6-4-13)12-2-1-11(15)9-16-12/h1-2,9-10H,3-8,15H2. The Morgan fingerprint density at radius 3 is 2.53 bits per heavy atom. The summed E-state index contributed by atoms with van der Waals surface area (Å²) in [5.74, 6) is 0.991. The van der Waals surface area contributed by atoms with Crippen molar-refractivity contribution in [1.29, 1.82) is 0 Å². The lowest BCUT2D eigenvalue weighted by Crippen LogP contribution is -2.48. The van der Waals surface area contributed by atoms with Gasteiger partial charge in [0.2, 0.25) is 0 Å². The summed E-state index contributed by atoms with van der Waals surface area (Å²) in [6.07, 6.45) is 4.89. The SMILES string of the molecule is Nc1ccc(N2CCC3(CC2)CC(F)C3)nc1. The van der Waals surface area contributed by atoms with Crippen molar-refractivity contribution in [3.63, 3.8) is 0 Å². The van der Waals surface area contributed by atoms with Crippen LogP contribution in [-0.4, -0.2) is 24.2 Å². The Kier molecular flexibility index (Phi) is 2.45. The summed E-state index contributed by atoms with van der Waals surface area (Å²) >= 11 is 0. The van der Waals surface area contributed by atoms with Crippen LogP contribution in [-0.2, 0) is 0 Å². The molecule has 2 N–H and O–H groups in total. The smallest absolute Gasteiger partial charge is 0.128 e. The maximum Gasteiger partial charge on any atom is 0.128 e. The van der Waals surface area contributed by atoms with Gasteiger partial charge >= 0.3 is 0 Å². The summed E-state index contributed by atoms with van der Waals surface area (Å²) in [5.41, 5.74) is 6.63. The van der Waals surface area contributed by atoms with Gasteiger partial charge in [0.05, 0.1) is 11.9 Å². The first-order valence-electron chi connectivity index (χ1n) is 6.27. The van der Waals surface area contributed by atoms with E-state index >= 15 is 0 Å². The number of hydrogen-bond donors (Lipinski definition) is 1. The molecule has 1 aromatic heterocycles. The van der Waals surface area contributed by atoms with Gasteiger partial charge in [0.15, 0.2) is 0 Å². The molecule has 0 unspecified atom stereocenters. The molecule has 4 heteroatoms. The Morgan fingerprint density at radius 2 is 2.00 bits per heavy atom. The number of nitrogen functional groups attached to an aromatic ring is 1. The highest BCUT2D eigenvalue weighted by Crippen LogP contribution is 2.50. The van der Waals surface area contributed by atoms with Crippen molar-refractivity contribution in [2.24, 2.45) is 5.41 Å². The number of anilines is 2. The average Bonchev–Trinajstić information content (AvgIpc) is 2.30. The number of rotatable bonds is 1. The first-order valence-corrected chi connectivity index (χ1v) is 6.27. The van der Waals surface area contributed by atoms with Gasteiger partial charge in [-0.1, -0.05) is 0 Å². The largest absolute Gasteiger partial charge is 0.397 e. The van der Waals surface area contributed by atoms with Gasteiger partial charge in [0.25, 0.3) is 0 Å². The van der Waals surface area contributed by atoms with Crippen molar-refractivity contribution < 1.29 is 4.39 Å². The Labute approximate surface area is 101 Å². The Bertz CT molecular complexity index is 388. The van der Waals surface area contributed by atoms with Crippen LogP contribution in [0, 0.1) is 5.41 Å². The Balaban J connectivity index is 1.63. The molecule has 1 aliphatic carbocycles. The van der Waals surface area contributed by atoms with E-state index < -0.39 is 6.17 Å². The van der Waals surface area contributed by atoms with Gasteiger partial charge < -0.3 is 10.6 Å². The van der Waals surface area contributed by atoms with Gasteiger partial charge in [-0.2, -0.15) is 0 Å². The molecule has 1 aliphatic heterocycles. The molecule has 3 rings (SSSR count). The van der Waals surface area contributed by atoms with Gasteiger partial charge in [0.1, 0.15) is 12.0 Å². The van der Waals surface area contributed by atoms with Gasteiger partial charge in [-0.15, -0.1) is 0 Å². The van der Waals surface area contributed by atoms with Gasteiger partial charge in [-0.05, 0) is 43.2 Å². The van der Waals surface area contributed by atoms with Crippen LogP contribution in [0.15, 0.2) is 18.3 Å². The predicted octanol–water partition coefficient (Wildman–Crippen LogP) is 2.38. The van der Waals surface area contributed by atoms with E-state index in [2.05, 4.69) is 9.88 Å². The fourth-order valence-electron chi connectivity index (χ4n) is 3.08. The second-order valence-corrected chi connectivity index (χ2v) is 5.44. The summed E-state index contributed by atoms with van der Waals surface area (Å²) in [4.78, 5) is 6.61. The highest BCUT2D eigenvalue weighted by atomic mass is 19.1. The van der Waals surface area contributed by atoms with Crippen molar-refractivity contribution >= 4 is 11.5 Å². The number of piperidine rings is 1. The summed E-state index contributed by atoms with van der Waals surface area (Å²) in [6, 6.07) is 3.85. The number of nitrogens with two attached hydrogens (primary N) is 1. The van der Waals surface area contributed by atoms with Crippen LogP contribution >= 0.6 is 0 Å². The molecule has 0 aromatic carbocycles. The zero-order valence-corrected chi connectivity index (χ0v) is 9.90. The number of nitrogens with zero attached hydrogens (tertiary/aromatic N) is 2. The minimum Gasteiger partial charge on any atom is -0.397 e. The zero-order valence-electron chi connectivity index (χ0n) is 9.90. The fourth-order valence-corrected chi connectivity index (χ4v) is 3.08. The second-order valence-electron chi connectivity index (χ2n) is 5.44. The maximum absolute atomic E-state index is 13.0. The van der Waals surface area contributed by atoms with E-state index in [1.807, 2.05) is 12.1 Å². The van der Waals surface area contributed by atoms with Crippen molar-refractivity contribution in [3.8, 4) is 0 Å². The molecule has 1 aromatic rings. The molecule has 0 amide bonds. The van der Waals surface area contributed by atoms with E-state index in [1.54, 1.807) is 6.20 Å². The number of halogens is 1.